The summed E-state index contributed by atoms with van der Waals surface area (Å²) in [5.74, 6) is 0. The van der Waals surface area contributed by atoms with Crippen molar-refractivity contribution in [3.63, 3.8) is 0 Å². The number of nitro groups is 1. The first-order valence-corrected chi connectivity index (χ1v) is 4.70. The zero-order valence-corrected chi connectivity index (χ0v) is 9.37. The van der Waals surface area contributed by atoms with Gasteiger partial charge in [-0.15, -0.1) is 0 Å². The van der Waals surface area contributed by atoms with E-state index in [9.17, 15) is 10.1 Å². The normalized spacial score (nSPS) is 9.87. The van der Waals surface area contributed by atoms with Gasteiger partial charge in [-0.25, -0.2) is 4.98 Å². The van der Waals surface area contributed by atoms with Crippen LogP contribution in [0.5, 0.6) is 0 Å². The van der Waals surface area contributed by atoms with Crippen molar-refractivity contribution in [1.29, 1.82) is 0 Å². The molecule has 1 aromatic heterocycles. The zero-order chi connectivity index (χ0) is 11.6. The lowest BCUT2D eigenvalue weighted by Crippen LogP contribution is -1.99. The molecule has 1 aromatic rings. The summed E-state index contributed by atoms with van der Waals surface area (Å²) in [7, 11) is 0. The molecule has 0 aromatic carbocycles. The summed E-state index contributed by atoms with van der Waals surface area (Å²) in [6.07, 6.45) is 0. The minimum Gasteiger partial charge on any atom is -0.258 e. The molecule has 0 spiro atoms. The first-order chi connectivity index (χ1) is 6.93. The molecule has 4 heteroatoms. The third kappa shape index (κ3) is 2.40. The highest BCUT2D eigenvalue weighted by Gasteiger charge is 2.16. The Morgan fingerprint density at radius 2 is 1.93 bits per heavy atom. The van der Waals surface area contributed by atoms with Crippen molar-refractivity contribution in [2.24, 2.45) is 0 Å². The fourth-order valence-electron chi connectivity index (χ4n) is 1.21. The fraction of sp³-hybridized carbons (Fsp3) is 0.364. The van der Waals surface area contributed by atoms with Crippen LogP contribution in [0.25, 0.3) is 5.57 Å². The van der Waals surface area contributed by atoms with Gasteiger partial charge in [0, 0.05) is 11.8 Å². The van der Waals surface area contributed by atoms with Crippen LogP contribution >= 0.6 is 0 Å². The van der Waals surface area contributed by atoms with Gasteiger partial charge in [0.15, 0.2) is 0 Å². The van der Waals surface area contributed by atoms with Crippen molar-refractivity contribution in [3.8, 4) is 0 Å². The largest absolute Gasteiger partial charge is 0.295 e. The van der Waals surface area contributed by atoms with Gasteiger partial charge in [-0.3, -0.25) is 10.1 Å². The van der Waals surface area contributed by atoms with E-state index in [2.05, 4.69) is 4.98 Å². The third-order valence-electron chi connectivity index (χ3n) is 2.32. The Hall–Kier alpha value is -1.71. The molecule has 0 aliphatic heterocycles. The van der Waals surface area contributed by atoms with Crippen LogP contribution in [0.15, 0.2) is 17.7 Å². The third-order valence-corrected chi connectivity index (χ3v) is 2.32. The monoisotopic (exact) mass is 206 g/mol. The number of aromatic nitrogens is 1. The first-order valence-electron chi connectivity index (χ1n) is 4.70. The smallest absolute Gasteiger partial charge is 0.258 e. The molecule has 0 atom stereocenters. The highest BCUT2D eigenvalue weighted by Crippen LogP contribution is 2.25. The van der Waals surface area contributed by atoms with E-state index in [4.69, 9.17) is 0 Å². The van der Waals surface area contributed by atoms with Crippen LogP contribution in [-0.4, -0.2) is 9.91 Å². The topological polar surface area (TPSA) is 56.0 Å². The van der Waals surface area contributed by atoms with Gasteiger partial charge in [0.25, 0.3) is 5.69 Å². The van der Waals surface area contributed by atoms with Gasteiger partial charge >= 0.3 is 0 Å². The number of pyridine rings is 1. The molecule has 0 aliphatic carbocycles. The molecule has 0 bridgehead atoms. The van der Waals surface area contributed by atoms with Crippen molar-refractivity contribution < 1.29 is 4.92 Å². The van der Waals surface area contributed by atoms with Crippen molar-refractivity contribution >= 4 is 11.3 Å². The van der Waals surface area contributed by atoms with Gasteiger partial charge in [0.05, 0.1) is 4.92 Å². The van der Waals surface area contributed by atoms with E-state index in [1.54, 1.807) is 6.07 Å². The lowest BCUT2D eigenvalue weighted by molar-refractivity contribution is -0.385. The van der Waals surface area contributed by atoms with E-state index in [0.717, 1.165) is 16.8 Å². The molecule has 0 radical (unpaired) electrons. The van der Waals surface area contributed by atoms with Crippen molar-refractivity contribution in [3.05, 3.63) is 39.2 Å². The number of hydrogen-bond acceptors (Lipinski definition) is 3. The average molecular weight is 206 g/mol. The Morgan fingerprint density at radius 3 is 2.40 bits per heavy atom. The molecule has 0 fully saturated rings. The standard InChI is InChI=1S/C11H14N2O2/c1-7(2)9(4)11-10(13(14)15)6-5-8(3)12-11/h5-6H,1-4H3. The summed E-state index contributed by atoms with van der Waals surface area (Å²) < 4.78 is 0. The second kappa shape index (κ2) is 4.21. The molecule has 0 N–H and O–H groups in total. The van der Waals surface area contributed by atoms with Gasteiger partial charge < -0.3 is 0 Å². The summed E-state index contributed by atoms with van der Waals surface area (Å²) in [5, 5.41) is 10.8. The molecule has 0 aliphatic rings. The molecule has 0 saturated heterocycles. The van der Waals surface area contributed by atoms with E-state index in [1.165, 1.54) is 6.07 Å². The number of allylic oxidation sites excluding steroid dienone is 2. The van der Waals surface area contributed by atoms with Crippen molar-refractivity contribution in [2.75, 3.05) is 0 Å². The first kappa shape index (κ1) is 11.4. The van der Waals surface area contributed by atoms with E-state index in [0.29, 0.717) is 5.69 Å². The van der Waals surface area contributed by atoms with Crippen LogP contribution in [0.1, 0.15) is 32.2 Å². The summed E-state index contributed by atoms with van der Waals surface area (Å²) in [5.41, 5.74) is 3.23. The second-order valence-corrected chi connectivity index (χ2v) is 3.70. The molecule has 0 unspecified atom stereocenters. The molecular formula is C11H14N2O2. The number of nitrogens with zero attached hydrogens (tertiary/aromatic N) is 2. The van der Waals surface area contributed by atoms with Crippen LogP contribution < -0.4 is 0 Å². The lowest BCUT2D eigenvalue weighted by atomic mass is 10.1. The van der Waals surface area contributed by atoms with Gasteiger partial charge in [0.2, 0.25) is 0 Å². The second-order valence-electron chi connectivity index (χ2n) is 3.70. The minimum absolute atomic E-state index is 0.0688. The van der Waals surface area contributed by atoms with E-state index in [-0.39, 0.29) is 5.69 Å². The molecular weight excluding hydrogens is 192 g/mol. The molecule has 15 heavy (non-hydrogen) atoms. The van der Waals surface area contributed by atoms with Crippen molar-refractivity contribution in [2.45, 2.75) is 27.7 Å². The fourth-order valence-corrected chi connectivity index (χ4v) is 1.21. The molecule has 0 saturated carbocycles. The lowest BCUT2D eigenvalue weighted by Gasteiger charge is -2.05. The number of hydrogen-bond donors (Lipinski definition) is 0. The summed E-state index contributed by atoms with van der Waals surface area (Å²) in [6.45, 7) is 7.52. The molecule has 1 rings (SSSR count). The summed E-state index contributed by atoms with van der Waals surface area (Å²) in [6, 6.07) is 3.16. The minimum atomic E-state index is -0.395. The maximum Gasteiger partial charge on any atom is 0.295 e. The van der Waals surface area contributed by atoms with Gasteiger partial charge in [-0.1, -0.05) is 5.57 Å². The van der Waals surface area contributed by atoms with Gasteiger partial charge in [-0.2, -0.15) is 0 Å². The Morgan fingerprint density at radius 1 is 1.33 bits per heavy atom. The van der Waals surface area contributed by atoms with Crippen LogP contribution in [-0.2, 0) is 0 Å². The van der Waals surface area contributed by atoms with Crippen molar-refractivity contribution in [1.82, 2.24) is 4.98 Å². The number of rotatable bonds is 2. The molecule has 4 nitrogen and oxygen atoms in total. The summed E-state index contributed by atoms with van der Waals surface area (Å²) in [4.78, 5) is 14.6. The van der Waals surface area contributed by atoms with E-state index >= 15 is 0 Å². The maximum atomic E-state index is 10.8. The Bertz CT molecular complexity index is 432. The van der Waals surface area contributed by atoms with E-state index < -0.39 is 4.92 Å². The van der Waals surface area contributed by atoms with Crippen LogP contribution in [0.2, 0.25) is 0 Å². The Balaban J connectivity index is 3.44. The van der Waals surface area contributed by atoms with Crippen LogP contribution in [0, 0.1) is 17.0 Å². The predicted molar refractivity (Wildman–Crippen MR) is 59.6 cm³/mol. The van der Waals surface area contributed by atoms with Crippen LogP contribution in [0.3, 0.4) is 0 Å². The van der Waals surface area contributed by atoms with Crippen LogP contribution in [0.4, 0.5) is 5.69 Å². The Kier molecular flexibility index (Phi) is 3.19. The van der Waals surface area contributed by atoms with E-state index in [1.807, 2.05) is 27.7 Å². The molecule has 1 heterocycles. The zero-order valence-electron chi connectivity index (χ0n) is 9.37. The highest BCUT2D eigenvalue weighted by molar-refractivity contribution is 5.70. The van der Waals surface area contributed by atoms with Gasteiger partial charge in [-0.05, 0) is 39.3 Å². The molecule has 80 valence electrons. The summed E-state index contributed by atoms with van der Waals surface area (Å²) >= 11 is 0. The Labute approximate surface area is 88.8 Å². The van der Waals surface area contributed by atoms with Gasteiger partial charge in [0.1, 0.15) is 5.69 Å². The maximum absolute atomic E-state index is 10.8. The highest BCUT2D eigenvalue weighted by atomic mass is 16.6. The SMILES string of the molecule is CC(C)=C(C)c1nc(C)ccc1[N+](=O)[O-]. The quantitative estimate of drug-likeness (QED) is 0.551. The number of aryl methyl sites for hydroxylation is 1. The molecule has 0 amide bonds. The predicted octanol–water partition coefficient (Wildman–Crippen LogP) is 3.11. The average Bonchev–Trinajstić information content (AvgIpc) is 2.15.